The highest BCUT2D eigenvalue weighted by Gasteiger charge is 2.14. The largest absolute Gasteiger partial charge is 0.496 e. The molecule has 112 valence electrons. The first kappa shape index (κ1) is 15.8. The van der Waals surface area contributed by atoms with Crippen LogP contribution in [0, 0.1) is 18.7 Å². The SMILES string of the molecule is COc1ccccc1CC(CCl)Cc1ccc(F)cc1C. The molecular weight excluding hydrogens is 287 g/mol. The van der Waals surface area contributed by atoms with Gasteiger partial charge in [0, 0.05) is 5.88 Å². The van der Waals surface area contributed by atoms with Crippen molar-refractivity contribution in [1.29, 1.82) is 0 Å². The Bertz CT molecular complexity index is 598. The molecule has 0 heterocycles. The van der Waals surface area contributed by atoms with E-state index in [4.69, 9.17) is 16.3 Å². The Morgan fingerprint density at radius 2 is 1.81 bits per heavy atom. The van der Waals surface area contributed by atoms with E-state index in [-0.39, 0.29) is 5.82 Å². The summed E-state index contributed by atoms with van der Waals surface area (Å²) >= 11 is 6.13. The van der Waals surface area contributed by atoms with E-state index in [1.54, 1.807) is 13.2 Å². The fourth-order valence-electron chi connectivity index (χ4n) is 2.56. The summed E-state index contributed by atoms with van der Waals surface area (Å²) < 4.78 is 18.6. The lowest BCUT2D eigenvalue weighted by Gasteiger charge is -2.17. The van der Waals surface area contributed by atoms with Crippen molar-refractivity contribution < 1.29 is 9.13 Å². The fraction of sp³-hybridized carbons (Fsp3) is 0.333. The molecule has 0 aliphatic rings. The molecule has 0 amide bonds. The molecule has 2 aromatic rings. The zero-order chi connectivity index (χ0) is 15.2. The lowest BCUT2D eigenvalue weighted by Crippen LogP contribution is -2.12. The first-order valence-electron chi connectivity index (χ1n) is 7.07. The summed E-state index contributed by atoms with van der Waals surface area (Å²) in [6.45, 7) is 1.94. The normalized spacial score (nSPS) is 12.2. The second-order valence-corrected chi connectivity index (χ2v) is 5.62. The van der Waals surface area contributed by atoms with Gasteiger partial charge in [0.15, 0.2) is 0 Å². The van der Waals surface area contributed by atoms with Gasteiger partial charge in [-0.05, 0) is 60.6 Å². The number of hydrogen-bond donors (Lipinski definition) is 0. The zero-order valence-electron chi connectivity index (χ0n) is 12.4. The van der Waals surface area contributed by atoms with Crippen LogP contribution in [0.5, 0.6) is 5.75 Å². The van der Waals surface area contributed by atoms with E-state index < -0.39 is 0 Å². The van der Waals surface area contributed by atoms with Gasteiger partial charge in [0.2, 0.25) is 0 Å². The first-order valence-corrected chi connectivity index (χ1v) is 7.60. The molecule has 0 saturated carbocycles. The fourth-order valence-corrected chi connectivity index (χ4v) is 2.78. The summed E-state index contributed by atoms with van der Waals surface area (Å²) in [5.74, 6) is 1.56. The molecule has 3 heteroatoms. The van der Waals surface area contributed by atoms with Crippen molar-refractivity contribution in [3.05, 3.63) is 65.0 Å². The van der Waals surface area contributed by atoms with Crippen molar-refractivity contribution >= 4 is 11.6 Å². The quantitative estimate of drug-likeness (QED) is 0.698. The maximum atomic E-state index is 13.2. The molecular formula is C18H20ClFO. The van der Waals surface area contributed by atoms with E-state index in [0.717, 1.165) is 35.3 Å². The summed E-state index contributed by atoms with van der Waals surface area (Å²) in [6.07, 6.45) is 1.69. The highest BCUT2D eigenvalue weighted by atomic mass is 35.5. The Morgan fingerprint density at radius 3 is 2.48 bits per heavy atom. The Morgan fingerprint density at radius 1 is 1.10 bits per heavy atom. The van der Waals surface area contributed by atoms with Crippen LogP contribution in [-0.4, -0.2) is 13.0 Å². The lowest BCUT2D eigenvalue weighted by molar-refractivity contribution is 0.405. The van der Waals surface area contributed by atoms with E-state index in [1.165, 1.54) is 6.07 Å². The Kier molecular flexibility index (Phi) is 5.63. The van der Waals surface area contributed by atoms with Crippen molar-refractivity contribution in [2.24, 2.45) is 5.92 Å². The summed E-state index contributed by atoms with van der Waals surface area (Å²) in [6, 6.07) is 12.9. The monoisotopic (exact) mass is 306 g/mol. The third-order valence-corrected chi connectivity index (χ3v) is 4.17. The summed E-state index contributed by atoms with van der Waals surface area (Å²) in [5, 5.41) is 0. The van der Waals surface area contributed by atoms with Gasteiger partial charge in [-0.1, -0.05) is 24.3 Å². The molecule has 0 aliphatic heterocycles. The van der Waals surface area contributed by atoms with Gasteiger partial charge in [-0.15, -0.1) is 11.6 Å². The van der Waals surface area contributed by atoms with E-state index in [2.05, 4.69) is 6.07 Å². The van der Waals surface area contributed by atoms with E-state index in [1.807, 2.05) is 31.2 Å². The van der Waals surface area contributed by atoms with Crippen LogP contribution in [0.25, 0.3) is 0 Å². The van der Waals surface area contributed by atoms with Gasteiger partial charge in [0.05, 0.1) is 7.11 Å². The minimum Gasteiger partial charge on any atom is -0.496 e. The predicted molar refractivity (Wildman–Crippen MR) is 85.7 cm³/mol. The van der Waals surface area contributed by atoms with Crippen LogP contribution in [0.3, 0.4) is 0 Å². The second-order valence-electron chi connectivity index (χ2n) is 5.31. The maximum Gasteiger partial charge on any atom is 0.123 e. The smallest absolute Gasteiger partial charge is 0.123 e. The van der Waals surface area contributed by atoms with Crippen LogP contribution in [0.15, 0.2) is 42.5 Å². The average molecular weight is 307 g/mol. The van der Waals surface area contributed by atoms with Gasteiger partial charge < -0.3 is 4.74 Å². The molecule has 0 N–H and O–H groups in total. The summed E-state index contributed by atoms with van der Waals surface area (Å²) in [4.78, 5) is 0. The maximum absolute atomic E-state index is 13.2. The number of methoxy groups -OCH3 is 1. The lowest BCUT2D eigenvalue weighted by atomic mass is 9.92. The Labute approximate surface area is 130 Å². The van der Waals surface area contributed by atoms with Crippen molar-refractivity contribution in [3.63, 3.8) is 0 Å². The van der Waals surface area contributed by atoms with Crippen LogP contribution in [0.4, 0.5) is 4.39 Å². The average Bonchev–Trinajstić information content (AvgIpc) is 2.49. The van der Waals surface area contributed by atoms with E-state index in [9.17, 15) is 4.39 Å². The van der Waals surface area contributed by atoms with Gasteiger partial charge in [0.1, 0.15) is 11.6 Å². The molecule has 2 aromatic carbocycles. The summed E-state index contributed by atoms with van der Waals surface area (Å²) in [5.41, 5.74) is 3.28. The molecule has 0 spiro atoms. The second kappa shape index (κ2) is 7.46. The minimum atomic E-state index is -0.191. The topological polar surface area (TPSA) is 9.23 Å². The number of halogens is 2. The van der Waals surface area contributed by atoms with Crippen LogP contribution in [0.2, 0.25) is 0 Å². The molecule has 0 fully saturated rings. The van der Waals surface area contributed by atoms with Crippen LogP contribution in [0.1, 0.15) is 16.7 Å². The molecule has 1 nitrogen and oxygen atoms in total. The standard InChI is InChI=1S/C18H20ClFO/c1-13-9-17(20)8-7-15(13)10-14(12-19)11-16-5-3-4-6-18(16)21-2/h3-9,14H,10-12H2,1-2H3. The van der Waals surface area contributed by atoms with Crippen molar-refractivity contribution in [3.8, 4) is 5.75 Å². The molecule has 0 radical (unpaired) electrons. The number of aryl methyl sites for hydroxylation is 1. The van der Waals surface area contributed by atoms with E-state index in [0.29, 0.717) is 11.8 Å². The highest BCUT2D eigenvalue weighted by molar-refractivity contribution is 6.18. The molecule has 0 aromatic heterocycles. The first-order chi connectivity index (χ1) is 10.1. The molecule has 0 aliphatic carbocycles. The molecule has 2 rings (SSSR count). The van der Waals surface area contributed by atoms with Gasteiger partial charge >= 0.3 is 0 Å². The molecule has 21 heavy (non-hydrogen) atoms. The van der Waals surface area contributed by atoms with E-state index >= 15 is 0 Å². The van der Waals surface area contributed by atoms with Crippen molar-refractivity contribution in [2.75, 3.05) is 13.0 Å². The molecule has 0 bridgehead atoms. The van der Waals surface area contributed by atoms with Crippen LogP contribution in [-0.2, 0) is 12.8 Å². The summed E-state index contributed by atoms with van der Waals surface area (Å²) in [7, 11) is 1.68. The van der Waals surface area contributed by atoms with Gasteiger partial charge in [-0.2, -0.15) is 0 Å². The number of para-hydroxylation sites is 1. The third kappa shape index (κ3) is 4.21. The van der Waals surface area contributed by atoms with Gasteiger partial charge in [-0.3, -0.25) is 0 Å². The molecule has 0 saturated heterocycles. The number of alkyl halides is 1. The van der Waals surface area contributed by atoms with Crippen LogP contribution < -0.4 is 4.74 Å². The number of benzene rings is 2. The van der Waals surface area contributed by atoms with Crippen molar-refractivity contribution in [1.82, 2.24) is 0 Å². The number of hydrogen-bond acceptors (Lipinski definition) is 1. The van der Waals surface area contributed by atoms with Gasteiger partial charge in [0.25, 0.3) is 0 Å². The predicted octanol–water partition coefficient (Wildman–Crippen LogP) is 4.78. The highest BCUT2D eigenvalue weighted by Crippen LogP contribution is 2.24. The van der Waals surface area contributed by atoms with Crippen LogP contribution >= 0.6 is 11.6 Å². The molecule has 1 unspecified atom stereocenters. The Balaban J connectivity index is 2.13. The zero-order valence-corrected chi connectivity index (χ0v) is 13.2. The third-order valence-electron chi connectivity index (χ3n) is 3.73. The van der Waals surface area contributed by atoms with Crippen molar-refractivity contribution in [2.45, 2.75) is 19.8 Å². The minimum absolute atomic E-state index is 0.191. The molecule has 1 atom stereocenters. The Hall–Kier alpha value is -1.54. The number of ether oxygens (including phenoxy) is 1. The van der Waals surface area contributed by atoms with Gasteiger partial charge in [-0.25, -0.2) is 4.39 Å². The number of rotatable bonds is 6.